The maximum atomic E-state index is 12.1. The van der Waals surface area contributed by atoms with E-state index in [9.17, 15) is 4.79 Å². The molecule has 2 rings (SSSR count). The van der Waals surface area contributed by atoms with Gasteiger partial charge in [-0.25, -0.2) is 0 Å². The molecule has 0 bridgehead atoms. The third kappa shape index (κ3) is 3.39. The number of thiocarbonyl (C=S) groups is 1. The maximum absolute atomic E-state index is 12.1. The van der Waals surface area contributed by atoms with Crippen molar-refractivity contribution in [3.8, 4) is 0 Å². The van der Waals surface area contributed by atoms with Crippen molar-refractivity contribution in [3.05, 3.63) is 52.2 Å². The van der Waals surface area contributed by atoms with Gasteiger partial charge >= 0.3 is 0 Å². The van der Waals surface area contributed by atoms with Crippen molar-refractivity contribution >= 4 is 40.1 Å². The molecule has 0 saturated carbocycles. The quantitative estimate of drug-likeness (QED) is 0.880. The summed E-state index contributed by atoms with van der Waals surface area (Å²) in [4.78, 5) is 14.1. The van der Waals surface area contributed by atoms with Gasteiger partial charge in [0, 0.05) is 18.3 Å². The predicted molar refractivity (Wildman–Crippen MR) is 83.8 cm³/mol. The first-order valence-electron chi connectivity index (χ1n) is 5.75. The van der Waals surface area contributed by atoms with Gasteiger partial charge in [-0.2, -0.15) is 11.3 Å². The summed E-state index contributed by atoms with van der Waals surface area (Å²) >= 11 is 6.49. The van der Waals surface area contributed by atoms with Crippen LogP contribution in [0.5, 0.6) is 0 Å². The summed E-state index contributed by atoms with van der Waals surface area (Å²) in [6.45, 7) is 0. The normalized spacial score (nSPS) is 10.2. The third-order valence-corrected chi connectivity index (χ3v) is 3.82. The molecule has 0 radical (unpaired) electrons. The average molecular weight is 290 g/mol. The lowest BCUT2D eigenvalue weighted by molar-refractivity contribution is -0.117. The van der Waals surface area contributed by atoms with Crippen LogP contribution in [0.1, 0.15) is 11.1 Å². The van der Waals surface area contributed by atoms with E-state index < -0.39 is 0 Å². The molecule has 0 unspecified atom stereocenters. The van der Waals surface area contributed by atoms with Crippen molar-refractivity contribution < 1.29 is 4.79 Å². The van der Waals surface area contributed by atoms with Crippen molar-refractivity contribution in [1.29, 1.82) is 0 Å². The van der Waals surface area contributed by atoms with E-state index in [4.69, 9.17) is 18.0 Å². The first kappa shape index (κ1) is 13.7. The Morgan fingerprint density at radius 2 is 2.00 bits per heavy atom. The number of carbonyl (C=O) groups excluding carboxylic acids is 1. The SMILES string of the molecule is CN(C(=O)Cc1ccsc1)c1ccc(C(N)=S)cc1. The number of carbonyl (C=O) groups is 1. The zero-order valence-corrected chi connectivity index (χ0v) is 12.1. The predicted octanol–water partition coefficient (Wildman–Crippen LogP) is 2.59. The fourth-order valence-electron chi connectivity index (χ4n) is 1.68. The minimum absolute atomic E-state index is 0.0569. The molecule has 0 aliphatic carbocycles. The molecule has 0 aliphatic heterocycles. The Labute approximate surface area is 121 Å². The van der Waals surface area contributed by atoms with Gasteiger partial charge in [-0.1, -0.05) is 12.2 Å². The average Bonchev–Trinajstić information content (AvgIpc) is 2.90. The van der Waals surface area contributed by atoms with E-state index in [0.717, 1.165) is 16.8 Å². The molecule has 1 heterocycles. The summed E-state index contributed by atoms with van der Waals surface area (Å²) in [6.07, 6.45) is 0.414. The second-order valence-electron chi connectivity index (χ2n) is 4.17. The van der Waals surface area contributed by atoms with Gasteiger partial charge in [-0.3, -0.25) is 4.79 Å². The number of rotatable bonds is 4. The summed E-state index contributed by atoms with van der Waals surface area (Å²) in [5.74, 6) is 0.0569. The Hall–Kier alpha value is -1.72. The first-order valence-corrected chi connectivity index (χ1v) is 7.10. The van der Waals surface area contributed by atoms with Gasteiger partial charge in [-0.05, 0) is 46.7 Å². The van der Waals surface area contributed by atoms with Crippen LogP contribution >= 0.6 is 23.6 Å². The van der Waals surface area contributed by atoms with Gasteiger partial charge in [0.1, 0.15) is 4.99 Å². The lowest BCUT2D eigenvalue weighted by Crippen LogP contribution is -2.27. The van der Waals surface area contributed by atoms with Crippen molar-refractivity contribution in [2.45, 2.75) is 6.42 Å². The Bertz CT molecular complexity index is 576. The molecule has 0 spiro atoms. The molecule has 19 heavy (non-hydrogen) atoms. The van der Waals surface area contributed by atoms with Crippen molar-refractivity contribution in [2.24, 2.45) is 5.73 Å². The topological polar surface area (TPSA) is 46.3 Å². The molecule has 1 aromatic heterocycles. The van der Waals surface area contributed by atoms with Gasteiger partial charge in [0.25, 0.3) is 0 Å². The lowest BCUT2D eigenvalue weighted by atomic mass is 10.2. The van der Waals surface area contributed by atoms with Crippen LogP contribution in [0, 0.1) is 0 Å². The summed E-state index contributed by atoms with van der Waals surface area (Å²) in [6, 6.07) is 9.31. The number of thiophene rings is 1. The largest absolute Gasteiger partial charge is 0.389 e. The van der Waals surface area contributed by atoms with E-state index in [-0.39, 0.29) is 5.91 Å². The van der Waals surface area contributed by atoms with Crippen LogP contribution in [-0.2, 0) is 11.2 Å². The number of likely N-dealkylation sites (N-methyl/N-ethyl adjacent to an activating group) is 1. The minimum atomic E-state index is 0.0569. The minimum Gasteiger partial charge on any atom is -0.389 e. The highest BCUT2D eigenvalue weighted by Crippen LogP contribution is 2.16. The zero-order valence-electron chi connectivity index (χ0n) is 10.5. The highest BCUT2D eigenvalue weighted by molar-refractivity contribution is 7.80. The Morgan fingerprint density at radius 1 is 1.32 bits per heavy atom. The van der Waals surface area contributed by atoms with E-state index >= 15 is 0 Å². The molecule has 1 aromatic carbocycles. The maximum Gasteiger partial charge on any atom is 0.231 e. The molecule has 2 aromatic rings. The van der Waals surface area contributed by atoms with Gasteiger partial charge < -0.3 is 10.6 Å². The monoisotopic (exact) mass is 290 g/mol. The third-order valence-electron chi connectivity index (χ3n) is 2.85. The Morgan fingerprint density at radius 3 is 2.53 bits per heavy atom. The molecular weight excluding hydrogens is 276 g/mol. The second kappa shape index (κ2) is 5.95. The molecule has 0 atom stereocenters. The van der Waals surface area contributed by atoms with Gasteiger partial charge in [0.05, 0.1) is 6.42 Å². The summed E-state index contributed by atoms with van der Waals surface area (Å²) in [7, 11) is 1.77. The fraction of sp³-hybridized carbons (Fsp3) is 0.143. The van der Waals surface area contributed by atoms with E-state index in [1.807, 2.05) is 41.1 Å². The molecule has 98 valence electrons. The fourth-order valence-corrected chi connectivity index (χ4v) is 2.48. The van der Waals surface area contributed by atoms with Crippen LogP contribution in [0.2, 0.25) is 0 Å². The number of nitrogens with zero attached hydrogens (tertiary/aromatic N) is 1. The van der Waals surface area contributed by atoms with Crippen LogP contribution < -0.4 is 10.6 Å². The molecular formula is C14H14N2OS2. The smallest absolute Gasteiger partial charge is 0.231 e. The zero-order chi connectivity index (χ0) is 13.8. The highest BCUT2D eigenvalue weighted by atomic mass is 32.1. The van der Waals surface area contributed by atoms with Crippen molar-refractivity contribution in [3.63, 3.8) is 0 Å². The van der Waals surface area contributed by atoms with Crippen LogP contribution in [0.4, 0.5) is 5.69 Å². The summed E-state index contributed by atoms with van der Waals surface area (Å²) in [5, 5.41) is 3.96. The molecule has 0 aliphatic rings. The number of amides is 1. The number of benzene rings is 1. The van der Waals surface area contributed by atoms with E-state index in [0.29, 0.717) is 11.4 Å². The summed E-state index contributed by atoms with van der Waals surface area (Å²) in [5.41, 5.74) is 8.22. The molecule has 0 saturated heterocycles. The lowest BCUT2D eigenvalue weighted by Gasteiger charge is -2.17. The Kier molecular flexibility index (Phi) is 4.29. The van der Waals surface area contributed by atoms with Crippen molar-refractivity contribution in [1.82, 2.24) is 0 Å². The number of hydrogen-bond donors (Lipinski definition) is 1. The van der Waals surface area contributed by atoms with Gasteiger partial charge in [0.15, 0.2) is 0 Å². The van der Waals surface area contributed by atoms with Crippen LogP contribution in [-0.4, -0.2) is 17.9 Å². The van der Waals surface area contributed by atoms with Crippen LogP contribution in [0.25, 0.3) is 0 Å². The van der Waals surface area contributed by atoms with Crippen LogP contribution in [0.3, 0.4) is 0 Å². The standard InChI is InChI=1S/C14H14N2OS2/c1-16(13(17)8-10-6-7-19-9-10)12-4-2-11(3-5-12)14(15)18/h2-7,9H,8H2,1H3,(H2,15,18). The van der Waals surface area contributed by atoms with Crippen molar-refractivity contribution in [2.75, 3.05) is 11.9 Å². The Balaban J connectivity index is 2.08. The highest BCUT2D eigenvalue weighted by Gasteiger charge is 2.12. The first-order chi connectivity index (χ1) is 9.08. The molecule has 5 heteroatoms. The van der Waals surface area contributed by atoms with Gasteiger partial charge in [0.2, 0.25) is 5.91 Å². The summed E-state index contributed by atoms with van der Waals surface area (Å²) < 4.78 is 0. The van der Waals surface area contributed by atoms with E-state index in [1.165, 1.54) is 0 Å². The number of hydrogen-bond acceptors (Lipinski definition) is 3. The number of anilines is 1. The van der Waals surface area contributed by atoms with Gasteiger partial charge in [-0.15, -0.1) is 0 Å². The molecule has 1 amide bonds. The second-order valence-corrected chi connectivity index (χ2v) is 5.39. The van der Waals surface area contributed by atoms with Crippen LogP contribution in [0.15, 0.2) is 41.1 Å². The van der Waals surface area contributed by atoms with E-state index in [2.05, 4.69) is 0 Å². The molecule has 2 N–H and O–H groups in total. The number of nitrogens with two attached hydrogens (primary N) is 1. The molecule has 3 nitrogen and oxygen atoms in total. The molecule has 0 fully saturated rings. The van der Waals surface area contributed by atoms with E-state index in [1.54, 1.807) is 23.3 Å².